The molecule has 0 saturated carbocycles. The minimum Gasteiger partial charge on any atom is -0.102 e. The van der Waals surface area contributed by atoms with E-state index in [-0.39, 0.29) is 5.41 Å². The molecule has 0 spiro atoms. The fourth-order valence-electron chi connectivity index (χ4n) is 0.586. The molecule has 0 aromatic rings. The molecule has 0 nitrogen and oxygen atoms in total. The first-order valence-corrected chi connectivity index (χ1v) is 4.10. The smallest absolute Gasteiger partial charge is 0.000484 e. The molecular formula is C11H18. The predicted octanol–water partition coefficient (Wildman–Crippen LogP) is 3.72. The van der Waals surface area contributed by atoms with Crippen LogP contribution in [0.25, 0.3) is 0 Å². The zero-order valence-corrected chi connectivity index (χ0v) is 7.80. The van der Waals surface area contributed by atoms with E-state index in [0.717, 1.165) is 6.42 Å². The van der Waals surface area contributed by atoms with Gasteiger partial charge >= 0.3 is 0 Å². The average molecular weight is 150 g/mol. The highest BCUT2D eigenvalue weighted by Gasteiger charge is 2.05. The van der Waals surface area contributed by atoms with Crippen LogP contribution >= 0.6 is 0 Å². The van der Waals surface area contributed by atoms with Gasteiger partial charge in [0.15, 0.2) is 0 Å². The minimum atomic E-state index is 0.123. The predicted molar refractivity (Wildman–Crippen MR) is 52.5 cm³/mol. The number of hydrogen-bond donors (Lipinski definition) is 0. The van der Waals surface area contributed by atoms with Crippen LogP contribution in [0.4, 0.5) is 0 Å². The molecule has 0 aliphatic heterocycles. The lowest BCUT2D eigenvalue weighted by atomic mass is 9.93. The van der Waals surface area contributed by atoms with Crippen molar-refractivity contribution < 1.29 is 0 Å². The summed E-state index contributed by atoms with van der Waals surface area (Å²) in [7, 11) is 0. The van der Waals surface area contributed by atoms with Gasteiger partial charge in [0.25, 0.3) is 0 Å². The van der Waals surface area contributed by atoms with Crippen LogP contribution < -0.4 is 0 Å². The van der Waals surface area contributed by atoms with Gasteiger partial charge in [0.1, 0.15) is 0 Å². The maximum absolute atomic E-state index is 3.76. The van der Waals surface area contributed by atoms with Crippen LogP contribution in [0.3, 0.4) is 0 Å². The SMILES string of the molecule is C=CC(C)(C)C=CC=CCC. The average Bonchev–Trinajstić information content (AvgIpc) is 1.99. The zero-order valence-electron chi connectivity index (χ0n) is 7.80. The second-order valence-corrected chi connectivity index (χ2v) is 3.22. The molecule has 0 radical (unpaired) electrons. The van der Waals surface area contributed by atoms with Gasteiger partial charge in [0, 0.05) is 5.41 Å². The number of hydrogen-bond acceptors (Lipinski definition) is 0. The third-order valence-corrected chi connectivity index (χ3v) is 1.53. The van der Waals surface area contributed by atoms with Crippen LogP contribution in [0.15, 0.2) is 37.0 Å². The maximum atomic E-state index is 3.76. The van der Waals surface area contributed by atoms with Gasteiger partial charge < -0.3 is 0 Å². The van der Waals surface area contributed by atoms with Crippen molar-refractivity contribution in [3.8, 4) is 0 Å². The maximum Gasteiger partial charge on any atom is 0.000484 e. The van der Waals surface area contributed by atoms with Crippen LogP contribution in [0.5, 0.6) is 0 Å². The summed E-state index contributed by atoms with van der Waals surface area (Å²) in [6.45, 7) is 10.2. The Kier molecular flexibility index (Phi) is 4.60. The lowest BCUT2D eigenvalue weighted by molar-refractivity contribution is 0.628. The molecule has 62 valence electrons. The van der Waals surface area contributed by atoms with E-state index in [4.69, 9.17) is 0 Å². The van der Waals surface area contributed by atoms with Gasteiger partial charge in [0.2, 0.25) is 0 Å². The van der Waals surface area contributed by atoms with Crippen LogP contribution in [-0.4, -0.2) is 0 Å². The Morgan fingerprint density at radius 2 is 1.91 bits per heavy atom. The fourth-order valence-corrected chi connectivity index (χ4v) is 0.586. The van der Waals surface area contributed by atoms with Crippen LogP contribution in [0.1, 0.15) is 27.2 Å². The van der Waals surface area contributed by atoms with Crippen molar-refractivity contribution in [1.82, 2.24) is 0 Å². The normalized spacial score (nSPS) is 13.0. The second kappa shape index (κ2) is 4.95. The van der Waals surface area contributed by atoms with Crippen molar-refractivity contribution in [2.24, 2.45) is 5.41 Å². The van der Waals surface area contributed by atoms with Crippen LogP contribution in [0, 0.1) is 5.41 Å². The number of rotatable bonds is 4. The van der Waals surface area contributed by atoms with E-state index in [2.05, 4.69) is 51.7 Å². The molecule has 0 N–H and O–H groups in total. The van der Waals surface area contributed by atoms with E-state index in [0.29, 0.717) is 0 Å². The molecule has 0 heteroatoms. The van der Waals surface area contributed by atoms with E-state index >= 15 is 0 Å². The molecule has 0 aliphatic carbocycles. The summed E-state index contributed by atoms with van der Waals surface area (Å²) in [6.07, 6.45) is 11.5. The first-order valence-electron chi connectivity index (χ1n) is 4.10. The van der Waals surface area contributed by atoms with Gasteiger partial charge in [-0.1, -0.05) is 51.2 Å². The lowest BCUT2D eigenvalue weighted by Crippen LogP contribution is -2.00. The fraction of sp³-hybridized carbons (Fsp3) is 0.455. The summed E-state index contributed by atoms with van der Waals surface area (Å²) in [5.74, 6) is 0. The highest BCUT2D eigenvalue weighted by molar-refractivity contribution is 5.11. The van der Waals surface area contributed by atoms with Gasteiger partial charge in [-0.3, -0.25) is 0 Å². The van der Waals surface area contributed by atoms with Gasteiger partial charge in [-0.25, -0.2) is 0 Å². The molecule has 0 atom stereocenters. The lowest BCUT2D eigenvalue weighted by Gasteiger charge is -2.12. The van der Waals surface area contributed by atoms with E-state index in [1.54, 1.807) is 0 Å². The standard InChI is InChI=1S/C11H18/c1-5-7-8-9-10-11(3,4)6-2/h6-10H,2,5H2,1,3-4H3. The molecule has 0 fully saturated rings. The third kappa shape index (κ3) is 5.65. The second-order valence-electron chi connectivity index (χ2n) is 3.22. The molecule has 0 aromatic carbocycles. The summed E-state index contributed by atoms with van der Waals surface area (Å²) in [5, 5.41) is 0. The molecule has 0 rings (SSSR count). The van der Waals surface area contributed by atoms with Crippen molar-refractivity contribution in [3.05, 3.63) is 37.0 Å². The third-order valence-electron chi connectivity index (χ3n) is 1.53. The van der Waals surface area contributed by atoms with Gasteiger partial charge in [-0.2, -0.15) is 0 Å². The van der Waals surface area contributed by atoms with Crippen molar-refractivity contribution in [3.63, 3.8) is 0 Å². The first-order chi connectivity index (χ1) is 5.12. The Bertz CT molecular complexity index is 159. The van der Waals surface area contributed by atoms with E-state index < -0.39 is 0 Å². The van der Waals surface area contributed by atoms with Gasteiger partial charge in [0.05, 0.1) is 0 Å². The summed E-state index contributed by atoms with van der Waals surface area (Å²) in [4.78, 5) is 0. The molecule has 0 heterocycles. The van der Waals surface area contributed by atoms with Crippen molar-refractivity contribution in [1.29, 1.82) is 0 Å². The molecule has 0 saturated heterocycles. The zero-order chi connectivity index (χ0) is 8.74. The highest BCUT2D eigenvalue weighted by atomic mass is 14.1. The quantitative estimate of drug-likeness (QED) is 0.423. The molecule has 0 bridgehead atoms. The largest absolute Gasteiger partial charge is 0.102 e. The molecule has 0 aromatic heterocycles. The van der Waals surface area contributed by atoms with E-state index in [1.807, 2.05) is 6.08 Å². The van der Waals surface area contributed by atoms with Gasteiger partial charge in [-0.15, -0.1) is 6.58 Å². The van der Waals surface area contributed by atoms with Crippen molar-refractivity contribution in [2.75, 3.05) is 0 Å². The number of allylic oxidation sites excluding steroid dienone is 5. The van der Waals surface area contributed by atoms with Gasteiger partial charge in [-0.05, 0) is 6.42 Å². The van der Waals surface area contributed by atoms with Crippen molar-refractivity contribution in [2.45, 2.75) is 27.2 Å². The molecule has 0 aliphatic rings. The highest BCUT2D eigenvalue weighted by Crippen LogP contribution is 2.17. The van der Waals surface area contributed by atoms with Crippen molar-refractivity contribution >= 4 is 0 Å². The Morgan fingerprint density at radius 3 is 2.36 bits per heavy atom. The van der Waals surface area contributed by atoms with Crippen LogP contribution in [-0.2, 0) is 0 Å². The molecule has 0 unspecified atom stereocenters. The topological polar surface area (TPSA) is 0 Å². The molecular weight excluding hydrogens is 132 g/mol. The Labute approximate surface area is 70.3 Å². The van der Waals surface area contributed by atoms with E-state index in [1.165, 1.54) is 0 Å². The Balaban J connectivity index is 3.91. The summed E-state index contributed by atoms with van der Waals surface area (Å²) >= 11 is 0. The molecule has 0 amide bonds. The Morgan fingerprint density at radius 1 is 1.27 bits per heavy atom. The van der Waals surface area contributed by atoms with E-state index in [9.17, 15) is 0 Å². The summed E-state index contributed by atoms with van der Waals surface area (Å²) in [6, 6.07) is 0. The monoisotopic (exact) mass is 150 g/mol. The summed E-state index contributed by atoms with van der Waals surface area (Å²) in [5.41, 5.74) is 0.123. The molecule has 11 heavy (non-hydrogen) atoms. The Hall–Kier alpha value is -0.780. The van der Waals surface area contributed by atoms with Crippen LogP contribution in [0.2, 0.25) is 0 Å². The minimum absolute atomic E-state index is 0.123. The first kappa shape index (κ1) is 10.2. The summed E-state index contributed by atoms with van der Waals surface area (Å²) < 4.78 is 0.